The minimum atomic E-state index is -0.0733. The molecule has 144 valence electrons. The standard InChI is InChI=1S/C22H23N3O2S/c1-15-4-9-20(16(2)12-15)25-11-10-23-22(25)28-14-21(27)19-7-5-18(6-8-19)13-24-17(3)26/h4-12H,13-14H2,1-3H3,(H,24,26). The third-order valence-electron chi connectivity index (χ3n) is 4.37. The molecule has 0 atom stereocenters. The number of benzene rings is 2. The molecule has 0 spiro atoms. The monoisotopic (exact) mass is 393 g/mol. The van der Waals surface area contributed by atoms with E-state index >= 15 is 0 Å². The van der Waals surface area contributed by atoms with Crippen LogP contribution in [0.1, 0.15) is 34.0 Å². The van der Waals surface area contributed by atoms with E-state index in [0.717, 1.165) is 16.4 Å². The van der Waals surface area contributed by atoms with Crippen LogP contribution in [0.3, 0.4) is 0 Å². The summed E-state index contributed by atoms with van der Waals surface area (Å²) in [6, 6.07) is 13.6. The molecule has 0 fully saturated rings. The first-order chi connectivity index (χ1) is 13.4. The van der Waals surface area contributed by atoms with E-state index in [0.29, 0.717) is 17.9 Å². The molecule has 0 unspecified atom stereocenters. The van der Waals surface area contributed by atoms with E-state index in [1.54, 1.807) is 18.3 Å². The van der Waals surface area contributed by atoms with Crippen LogP contribution in [0.2, 0.25) is 0 Å². The third kappa shape index (κ3) is 4.89. The van der Waals surface area contributed by atoms with Crippen LogP contribution in [0.5, 0.6) is 0 Å². The second kappa shape index (κ2) is 8.89. The molecule has 6 heteroatoms. The van der Waals surface area contributed by atoms with Crippen LogP contribution in [0.15, 0.2) is 60.0 Å². The van der Waals surface area contributed by atoms with Crippen molar-refractivity contribution in [2.75, 3.05) is 5.75 Å². The van der Waals surface area contributed by atoms with Crippen LogP contribution < -0.4 is 5.32 Å². The molecule has 0 saturated heterocycles. The van der Waals surface area contributed by atoms with Crippen molar-refractivity contribution >= 4 is 23.5 Å². The van der Waals surface area contributed by atoms with Gasteiger partial charge in [-0.1, -0.05) is 53.7 Å². The van der Waals surface area contributed by atoms with Crippen LogP contribution in [0.25, 0.3) is 5.69 Å². The first-order valence-electron chi connectivity index (χ1n) is 9.04. The van der Waals surface area contributed by atoms with Crippen molar-refractivity contribution < 1.29 is 9.59 Å². The van der Waals surface area contributed by atoms with Gasteiger partial charge in [-0.3, -0.25) is 14.2 Å². The highest BCUT2D eigenvalue weighted by Crippen LogP contribution is 2.24. The van der Waals surface area contributed by atoms with Crippen molar-refractivity contribution in [2.24, 2.45) is 0 Å². The van der Waals surface area contributed by atoms with Gasteiger partial charge in [-0.05, 0) is 31.0 Å². The normalized spacial score (nSPS) is 10.7. The second-order valence-corrected chi connectivity index (χ2v) is 7.63. The molecule has 5 nitrogen and oxygen atoms in total. The fourth-order valence-corrected chi connectivity index (χ4v) is 3.76. The highest BCUT2D eigenvalue weighted by Gasteiger charge is 2.12. The zero-order chi connectivity index (χ0) is 20.1. The molecule has 0 aliphatic carbocycles. The Bertz CT molecular complexity index is 993. The summed E-state index contributed by atoms with van der Waals surface area (Å²) in [6.45, 7) is 6.09. The largest absolute Gasteiger partial charge is 0.352 e. The number of nitrogens with one attached hydrogen (secondary N) is 1. The third-order valence-corrected chi connectivity index (χ3v) is 5.34. The predicted molar refractivity (Wildman–Crippen MR) is 112 cm³/mol. The molecule has 3 aromatic rings. The Morgan fingerprint density at radius 3 is 2.54 bits per heavy atom. The van der Waals surface area contributed by atoms with Crippen LogP contribution in [0, 0.1) is 13.8 Å². The molecule has 0 saturated carbocycles. The molecule has 28 heavy (non-hydrogen) atoms. The number of thioether (sulfide) groups is 1. The summed E-state index contributed by atoms with van der Waals surface area (Å²) in [5.74, 6) is 0.287. The van der Waals surface area contributed by atoms with Gasteiger partial charge in [-0.25, -0.2) is 4.98 Å². The molecule has 1 heterocycles. The maximum atomic E-state index is 12.5. The van der Waals surface area contributed by atoms with Crippen molar-refractivity contribution in [3.05, 3.63) is 77.1 Å². The van der Waals surface area contributed by atoms with Crippen molar-refractivity contribution in [3.8, 4) is 5.69 Å². The Morgan fingerprint density at radius 2 is 1.86 bits per heavy atom. The van der Waals surface area contributed by atoms with Gasteiger partial charge < -0.3 is 5.32 Å². The zero-order valence-corrected chi connectivity index (χ0v) is 17.0. The molecule has 0 aliphatic heterocycles. The van der Waals surface area contributed by atoms with Gasteiger partial charge in [0.15, 0.2) is 10.9 Å². The molecule has 2 aromatic carbocycles. The van der Waals surface area contributed by atoms with E-state index in [1.807, 2.05) is 22.9 Å². The molecule has 0 aliphatic rings. The SMILES string of the molecule is CC(=O)NCc1ccc(C(=O)CSc2nccn2-c2ccc(C)cc2C)cc1. The molecule has 0 radical (unpaired) electrons. The van der Waals surface area contributed by atoms with E-state index in [2.05, 4.69) is 42.3 Å². The topological polar surface area (TPSA) is 64.0 Å². The van der Waals surface area contributed by atoms with Gasteiger partial charge in [0.05, 0.1) is 11.4 Å². The smallest absolute Gasteiger partial charge is 0.217 e. The molecular formula is C22H23N3O2S. The number of ketones is 1. The van der Waals surface area contributed by atoms with Gasteiger partial charge in [0, 0.05) is 31.4 Å². The number of aromatic nitrogens is 2. The van der Waals surface area contributed by atoms with Gasteiger partial charge in [0.1, 0.15) is 0 Å². The minimum absolute atomic E-state index is 0.0475. The fourth-order valence-electron chi connectivity index (χ4n) is 2.90. The summed E-state index contributed by atoms with van der Waals surface area (Å²) in [5, 5.41) is 3.54. The van der Waals surface area contributed by atoms with E-state index in [1.165, 1.54) is 29.8 Å². The van der Waals surface area contributed by atoms with Crippen molar-refractivity contribution in [1.82, 2.24) is 14.9 Å². The predicted octanol–water partition coefficient (Wildman–Crippen LogP) is 4.10. The Balaban J connectivity index is 1.65. The highest BCUT2D eigenvalue weighted by atomic mass is 32.2. The zero-order valence-electron chi connectivity index (χ0n) is 16.2. The van der Waals surface area contributed by atoms with Crippen LogP contribution in [-0.4, -0.2) is 27.0 Å². The summed E-state index contributed by atoms with van der Waals surface area (Å²) in [7, 11) is 0. The van der Waals surface area contributed by atoms with Crippen molar-refractivity contribution in [3.63, 3.8) is 0 Å². The number of rotatable bonds is 7. The van der Waals surface area contributed by atoms with Crippen LogP contribution >= 0.6 is 11.8 Å². The van der Waals surface area contributed by atoms with Crippen molar-refractivity contribution in [2.45, 2.75) is 32.5 Å². The lowest BCUT2D eigenvalue weighted by molar-refractivity contribution is -0.119. The van der Waals surface area contributed by atoms with E-state index in [9.17, 15) is 9.59 Å². The van der Waals surface area contributed by atoms with Gasteiger partial charge in [0.25, 0.3) is 0 Å². The maximum absolute atomic E-state index is 12.5. The van der Waals surface area contributed by atoms with Gasteiger partial charge >= 0.3 is 0 Å². The van der Waals surface area contributed by atoms with Gasteiger partial charge in [0.2, 0.25) is 5.91 Å². The van der Waals surface area contributed by atoms with E-state index in [-0.39, 0.29) is 11.7 Å². The average molecular weight is 394 g/mol. The van der Waals surface area contributed by atoms with Gasteiger partial charge in [-0.15, -0.1) is 0 Å². The van der Waals surface area contributed by atoms with E-state index in [4.69, 9.17) is 0 Å². The Hall–Kier alpha value is -2.86. The number of aryl methyl sites for hydroxylation is 2. The first-order valence-corrected chi connectivity index (χ1v) is 10.0. The fraction of sp³-hybridized carbons (Fsp3) is 0.227. The number of imidazole rings is 1. The molecular weight excluding hydrogens is 370 g/mol. The number of nitrogens with zero attached hydrogens (tertiary/aromatic N) is 2. The number of hydrogen-bond donors (Lipinski definition) is 1. The molecule has 1 amide bonds. The number of amides is 1. The summed E-state index contributed by atoms with van der Waals surface area (Å²) in [4.78, 5) is 27.9. The lowest BCUT2D eigenvalue weighted by Gasteiger charge is -2.11. The van der Waals surface area contributed by atoms with Crippen LogP contribution in [-0.2, 0) is 11.3 Å². The quantitative estimate of drug-likeness (QED) is 0.485. The van der Waals surface area contributed by atoms with E-state index < -0.39 is 0 Å². The number of carbonyl (C=O) groups excluding carboxylic acids is 2. The molecule has 0 bridgehead atoms. The number of carbonyl (C=O) groups is 2. The Kier molecular flexibility index (Phi) is 6.31. The lowest BCUT2D eigenvalue weighted by atomic mass is 10.1. The second-order valence-electron chi connectivity index (χ2n) is 6.69. The highest BCUT2D eigenvalue weighted by molar-refractivity contribution is 7.99. The maximum Gasteiger partial charge on any atom is 0.217 e. The summed E-state index contributed by atoms with van der Waals surface area (Å²) >= 11 is 1.43. The summed E-state index contributed by atoms with van der Waals surface area (Å²) in [6.07, 6.45) is 3.67. The molecule has 3 rings (SSSR count). The minimum Gasteiger partial charge on any atom is -0.352 e. The summed E-state index contributed by atoms with van der Waals surface area (Å²) < 4.78 is 2.02. The molecule has 1 N–H and O–H groups in total. The number of hydrogen-bond acceptors (Lipinski definition) is 4. The van der Waals surface area contributed by atoms with Crippen molar-refractivity contribution in [1.29, 1.82) is 0 Å². The first kappa shape index (κ1) is 19.9. The average Bonchev–Trinajstić information content (AvgIpc) is 3.13. The lowest BCUT2D eigenvalue weighted by Crippen LogP contribution is -2.18. The Labute approximate surface area is 169 Å². The Morgan fingerprint density at radius 1 is 1.11 bits per heavy atom. The van der Waals surface area contributed by atoms with Crippen LogP contribution in [0.4, 0.5) is 0 Å². The van der Waals surface area contributed by atoms with Gasteiger partial charge in [-0.2, -0.15) is 0 Å². The number of Topliss-reactive ketones (excluding diaryl/α,β-unsaturated/α-hetero) is 1. The molecule has 1 aromatic heterocycles. The summed E-state index contributed by atoms with van der Waals surface area (Å²) in [5.41, 5.74) is 5.07.